The number of pyridine rings is 2. The number of benzene rings is 2. The van der Waals surface area contributed by atoms with Crippen molar-refractivity contribution in [3.05, 3.63) is 84.7 Å². The fraction of sp³-hybridized carbons (Fsp3) is 0.0870. The molecule has 3 N–H and O–H groups in total. The molecule has 0 bridgehead atoms. The molecule has 0 unspecified atom stereocenters. The third-order valence-corrected chi connectivity index (χ3v) is 4.58. The molecule has 0 radical (unpaired) electrons. The third-order valence-electron chi connectivity index (χ3n) is 4.58. The second-order valence-electron chi connectivity index (χ2n) is 6.67. The third kappa shape index (κ3) is 4.23. The van der Waals surface area contributed by atoms with Crippen molar-refractivity contribution < 1.29 is 14.6 Å². The molecule has 29 heavy (non-hydrogen) atoms. The maximum Gasteiger partial charge on any atom is 0.320 e. The SMILES string of the molecule is N[C@@H](Cc1ccc(Oc2nc(-c3ccccc3)cc3ccncc23)cc1)C(=O)O. The van der Waals surface area contributed by atoms with E-state index in [4.69, 9.17) is 20.6 Å². The van der Waals surface area contributed by atoms with Crippen LogP contribution in [0.4, 0.5) is 0 Å². The Balaban J connectivity index is 1.66. The van der Waals surface area contributed by atoms with Gasteiger partial charge in [-0.25, -0.2) is 4.98 Å². The first-order valence-electron chi connectivity index (χ1n) is 9.15. The highest BCUT2D eigenvalue weighted by Crippen LogP contribution is 2.31. The van der Waals surface area contributed by atoms with Crippen molar-refractivity contribution in [1.82, 2.24) is 9.97 Å². The second-order valence-corrected chi connectivity index (χ2v) is 6.67. The molecule has 2 aromatic heterocycles. The van der Waals surface area contributed by atoms with Gasteiger partial charge in [0, 0.05) is 18.0 Å². The van der Waals surface area contributed by atoms with Crippen LogP contribution < -0.4 is 10.5 Å². The van der Waals surface area contributed by atoms with Crippen LogP contribution in [0.2, 0.25) is 0 Å². The van der Waals surface area contributed by atoms with E-state index in [1.165, 1.54) is 0 Å². The highest BCUT2D eigenvalue weighted by molar-refractivity contribution is 5.89. The van der Waals surface area contributed by atoms with E-state index in [1.54, 1.807) is 36.7 Å². The van der Waals surface area contributed by atoms with Crippen LogP contribution in [-0.2, 0) is 11.2 Å². The van der Waals surface area contributed by atoms with E-state index in [0.29, 0.717) is 11.6 Å². The van der Waals surface area contributed by atoms with Gasteiger partial charge < -0.3 is 15.6 Å². The Morgan fingerprint density at radius 1 is 1.07 bits per heavy atom. The molecular weight excluding hydrogens is 366 g/mol. The van der Waals surface area contributed by atoms with Gasteiger partial charge in [0.25, 0.3) is 0 Å². The molecule has 0 spiro atoms. The van der Waals surface area contributed by atoms with Crippen molar-refractivity contribution in [3.63, 3.8) is 0 Å². The number of aliphatic carboxylic acids is 1. The molecule has 4 aromatic rings. The molecule has 144 valence electrons. The molecule has 0 amide bonds. The fourth-order valence-corrected chi connectivity index (χ4v) is 3.04. The summed E-state index contributed by atoms with van der Waals surface area (Å²) in [5.74, 6) is 0.0381. The molecule has 0 saturated heterocycles. The number of aromatic nitrogens is 2. The molecule has 6 heteroatoms. The zero-order chi connectivity index (χ0) is 20.2. The maximum atomic E-state index is 10.9. The molecule has 2 heterocycles. The van der Waals surface area contributed by atoms with Gasteiger partial charge in [-0.05, 0) is 41.6 Å². The molecule has 0 fully saturated rings. The number of carbonyl (C=O) groups is 1. The summed E-state index contributed by atoms with van der Waals surface area (Å²) in [6.07, 6.45) is 3.72. The van der Waals surface area contributed by atoms with E-state index >= 15 is 0 Å². The van der Waals surface area contributed by atoms with Crippen molar-refractivity contribution in [3.8, 4) is 22.9 Å². The first-order chi connectivity index (χ1) is 14.1. The second kappa shape index (κ2) is 8.08. The summed E-state index contributed by atoms with van der Waals surface area (Å²) in [5.41, 5.74) is 8.22. The number of ether oxygens (including phenoxy) is 1. The quantitative estimate of drug-likeness (QED) is 0.520. The maximum absolute atomic E-state index is 10.9. The van der Waals surface area contributed by atoms with E-state index < -0.39 is 12.0 Å². The Bertz CT molecular complexity index is 1150. The Hall–Kier alpha value is -3.77. The summed E-state index contributed by atoms with van der Waals surface area (Å²) in [4.78, 5) is 19.8. The minimum atomic E-state index is -1.02. The van der Waals surface area contributed by atoms with Crippen LogP contribution in [0.1, 0.15) is 5.56 Å². The number of rotatable bonds is 6. The molecule has 4 rings (SSSR count). The molecule has 6 nitrogen and oxygen atoms in total. The summed E-state index contributed by atoms with van der Waals surface area (Å²) in [7, 11) is 0. The zero-order valence-electron chi connectivity index (χ0n) is 15.5. The molecule has 1 atom stereocenters. The van der Waals surface area contributed by atoms with Crippen LogP contribution in [0.15, 0.2) is 79.1 Å². The summed E-state index contributed by atoms with van der Waals surface area (Å²) >= 11 is 0. The summed E-state index contributed by atoms with van der Waals surface area (Å²) in [5, 5.41) is 10.7. The number of carboxylic acid groups (broad SMARTS) is 1. The molecular formula is C23H19N3O3. The molecule has 0 aliphatic rings. The number of carboxylic acids is 1. The summed E-state index contributed by atoms with van der Waals surface area (Å²) in [6, 6.07) is 20.1. The van der Waals surface area contributed by atoms with Crippen LogP contribution in [0.5, 0.6) is 11.6 Å². The van der Waals surface area contributed by atoms with Crippen LogP contribution in [0, 0.1) is 0 Å². The number of nitrogens with two attached hydrogens (primary N) is 1. The van der Waals surface area contributed by atoms with Crippen molar-refractivity contribution in [1.29, 1.82) is 0 Å². The smallest absolute Gasteiger partial charge is 0.320 e. The van der Waals surface area contributed by atoms with Gasteiger partial charge in [-0.3, -0.25) is 9.78 Å². The van der Waals surface area contributed by atoms with E-state index in [9.17, 15) is 4.79 Å². The zero-order valence-corrected chi connectivity index (χ0v) is 15.5. The monoisotopic (exact) mass is 385 g/mol. The van der Waals surface area contributed by atoms with Crippen LogP contribution >= 0.6 is 0 Å². The predicted molar refractivity (Wildman–Crippen MR) is 111 cm³/mol. The standard InChI is InChI=1S/C23H19N3O3/c24-20(23(27)28)12-15-6-8-18(9-7-15)29-22-19-14-25-11-10-17(19)13-21(26-22)16-4-2-1-3-5-16/h1-11,13-14,20H,12,24H2,(H,27,28)/t20-/m0/s1. The minimum Gasteiger partial charge on any atom is -0.480 e. The average molecular weight is 385 g/mol. The summed E-state index contributed by atoms with van der Waals surface area (Å²) < 4.78 is 6.06. The predicted octanol–water partition coefficient (Wildman–Crippen LogP) is 4.04. The van der Waals surface area contributed by atoms with Crippen molar-refractivity contribution >= 4 is 16.7 Å². The lowest BCUT2D eigenvalue weighted by atomic mass is 10.1. The molecule has 2 aromatic carbocycles. The Labute approximate surface area is 167 Å². The highest BCUT2D eigenvalue weighted by atomic mass is 16.5. The average Bonchev–Trinajstić information content (AvgIpc) is 2.75. The van der Waals surface area contributed by atoms with E-state index in [0.717, 1.165) is 27.6 Å². The number of fused-ring (bicyclic) bond motifs is 1. The lowest BCUT2D eigenvalue weighted by Gasteiger charge is -2.11. The Kier molecular flexibility index (Phi) is 5.18. The molecule has 0 saturated carbocycles. The van der Waals surface area contributed by atoms with Gasteiger partial charge in [0.15, 0.2) is 0 Å². The first kappa shape index (κ1) is 18.6. The lowest BCUT2D eigenvalue weighted by molar-refractivity contribution is -0.138. The van der Waals surface area contributed by atoms with Crippen molar-refractivity contribution in [2.24, 2.45) is 5.73 Å². The Morgan fingerprint density at radius 3 is 2.55 bits per heavy atom. The molecule has 0 aliphatic heterocycles. The van der Waals surface area contributed by atoms with Gasteiger partial charge in [-0.1, -0.05) is 42.5 Å². The number of nitrogens with zero attached hydrogens (tertiary/aromatic N) is 2. The number of hydrogen-bond acceptors (Lipinski definition) is 5. The van der Waals surface area contributed by atoms with Crippen LogP contribution in [0.25, 0.3) is 22.0 Å². The minimum absolute atomic E-state index is 0.254. The largest absolute Gasteiger partial charge is 0.480 e. The number of hydrogen-bond donors (Lipinski definition) is 2. The van der Waals surface area contributed by atoms with Gasteiger partial charge in [0.2, 0.25) is 5.88 Å². The van der Waals surface area contributed by atoms with Gasteiger partial charge in [-0.2, -0.15) is 0 Å². The highest BCUT2D eigenvalue weighted by Gasteiger charge is 2.13. The van der Waals surface area contributed by atoms with E-state index in [-0.39, 0.29) is 6.42 Å². The lowest BCUT2D eigenvalue weighted by Crippen LogP contribution is -2.32. The van der Waals surface area contributed by atoms with E-state index in [1.807, 2.05) is 42.5 Å². The van der Waals surface area contributed by atoms with Gasteiger partial charge in [0.05, 0.1) is 11.1 Å². The Morgan fingerprint density at radius 2 is 1.83 bits per heavy atom. The molecule has 0 aliphatic carbocycles. The first-order valence-corrected chi connectivity index (χ1v) is 9.15. The van der Waals surface area contributed by atoms with Gasteiger partial charge in [0.1, 0.15) is 11.8 Å². The fourth-order valence-electron chi connectivity index (χ4n) is 3.04. The normalized spacial score (nSPS) is 11.9. The van der Waals surface area contributed by atoms with Crippen molar-refractivity contribution in [2.75, 3.05) is 0 Å². The summed E-state index contributed by atoms with van der Waals surface area (Å²) in [6.45, 7) is 0. The van der Waals surface area contributed by atoms with E-state index in [2.05, 4.69) is 4.98 Å². The van der Waals surface area contributed by atoms with Gasteiger partial charge >= 0.3 is 5.97 Å². The topological polar surface area (TPSA) is 98.3 Å². The van der Waals surface area contributed by atoms with Gasteiger partial charge in [-0.15, -0.1) is 0 Å². The van der Waals surface area contributed by atoms with Crippen LogP contribution in [0.3, 0.4) is 0 Å². The van der Waals surface area contributed by atoms with Crippen LogP contribution in [-0.4, -0.2) is 27.1 Å². The van der Waals surface area contributed by atoms with Crippen molar-refractivity contribution in [2.45, 2.75) is 12.5 Å².